The predicted molar refractivity (Wildman–Crippen MR) is 91.4 cm³/mol. The van der Waals surface area contributed by atoms with E-state index >= 15 is 0 Å². The van der Waals surface area contributed by atoms with Crippen molar-refractivity contribution >= 4 is 28.6 Å². The number of hydrogen-bond donors (Lipinski definition) is 2. The van der Waals surface area contributed by atoms with Gasteiger partial charge in [-0.2, -0.15) is 0 Å². The van der Waals surface area contributed by atoms with E-state index < -0.39 is 6.10 Å². The number of aliphatic hydroxyl groups is 1. The molecule has 0 fully saturated rings. The molecule has 2 heterocycles. The van der Waals surface area contributed by atoms with Crippen LogP contribution in [-0.4, -0.2) is 17.6 Å². The van der Waals surface area contributed by atoms with Gasteiger partial charge < -0.3 is 10.4 Å². The molecule has 0 radical (unpaired) electrons. The largest absolute Gasteiger partial charge is 0.387 e. The summed E-state index contributed by atoms with van der Waals surface area (Å²) in [6.45, 7) is 0.203. The van der Waals surface area contributed by atoms with E-state index in [1.807, 2.05) is 47.2 Å². The lowest BCUT2D eigenvalue weighted by Gasteiger charge is -2.12. The highest BCUT2D eigenvalue weighted by atomic mass is 32.1. The van der Waals surface area contributed by atoms with Crippen LogP contribution in [0, 0.1) is 0 Å². The Balaban J connectivity index is 1.60. The van der Waals surface area contributed by atoms with Crippen LogP contribution in [0.3, 0.4) is 0 Å². The maximum absolute atomic E-state index is 11.8. The Hall–Kier alpha value is -1.95. The zero-order valence-electron chi connectivity index (χ0n) is 11.7. The molecule has 0 bridgehead atoms. The molecule has 1 unspecified atom stereocenters. The summed E-state index contributed by atoms with van der Waals surface area (Å²) < 4.78 is 0. The summed E-state index contributed by atoms with van der Waals surface area (Å²) in [5.74, 6) is -0.149. The Morgan fingerprint density at radius 2 is 1.77 bits per heavy atom. The molecule has 3 rings (SSSR count). The zero-order chi connectivity index (χ0) is 15.4. The zero-order valence-corrected chi connectivity index (χ0v) is 13.4. The Bertz CT molecular complexity index is 719. The van der Waals surface area contributed by atoms with Crippen LogP contribution in [0.5, 0.6) is 0 Å². The number of rotatable bonds is 5. The van der Waals surface area contributed by atoms with Gasteiger partial charge in [-0.3, -0.25) is 4.79 Å². The molecule has 5 heteroatoms. The van der Waals surface area contributed by atoms with E-state index in [1.165, 1.54) is 16.2 Å². The van der Waals surface area contributed by atoms with Gasteiger partial charge in [-0.15, -0.1) is 22.7 Å². The summed E-state index contributed by atoms with van der Waals surface area (Å²) in [6, 6.07) is 15.5. The first-order chi connectivity index (χ1) is 10.7. The average molecular weight is 329 g/mol. The van der Waals surface area contributed by atoms with Crippen LogP contribution in [0.25, 0.3) is 10.4 Å². The van der Waals surface area contributed by atoms with Crippen molar-refractivity contribution in [3.8, 4) is 10.4 Å². The highest BCUT2D eigenvalue weighted by Gasteiger charge is 2.11. The van der Waals surface area contributed by atoms with E-state index in [0.717, 1.165) is 11.1 Å². The van der Waals surface area contributed by atoms with Gasteiger partial charge in [-0.05, 0) is 34.0 Å². The van der Waals surface area contributed by atoms with Crippen LogP contribution in [0.1, 0.15) is 21.3 Å². The van der Waals surface area contributed by atoms with Crippen molar-refractivity contribution in [3.05, 3.63) is 69.7 Å². The molecule has 3 nitrogen and oxygen atoms in total. The quantitative estimate of drug-likeness (QED) is 0.745. The molecule has 112 valence electrons. The number of benzene rings is 1. The molecule has 1 amide bonds. The fourth-order valence-corrected chi connectivity index (χ4v) is 3.49. The Labute approximate surface area is 136 Å². The Morgan fingerprint density at radius 1 is 1.05 bits per heavy atom. The Kier molecular flexibility index (Phi) is 4.68. The number of carbonyl (C=O) groups is 1. The van der Waals surface area contributed by atoms with Crippen molar-refractivity contribution in [3.63, 3.8) is 0 Å². The molecule has 2 N–H and O–H groups in total. The van der Waals surface area contributed by atoms with Crippen LogP contribution >= 0.6 is 22.7 Å². The van der Waals surface area contributed by atoms with Crippen molar-refractivity contribution in [1.82, 2.24) is 5.32 Å². The molecule has 1 aromatic carbocycles. The van der Waals surface area contributed by atoms with E-state index in [0.29, 0.717) is 4.88 Å². The third-order valence-corrected chi connectivity index (χ3v) is 5.09. The standard InChI is InChI=1S/C17H15NO2S2/c19-14(11-18-17(20)16-4-2-10-22-16)12-5-7-13(8-6-12)15-3-1-9-21-15/h1-10,14,19H,11H2,(H,18,20). The van der Waals surface area contributed by atoms with Gasteiger partial charge in [0.2, 0.25) is 0 Å². The third kappa shape index (κ3) is 3.44. The minimum Gasteiger partial charge on any atom is -0.387 e. The normalized spacial score (nSPS) is 12.0. The lowest BCUT2D eigenvalue weighted by atomic mass is 10.1. The molecule has 0 aliphatic carbocycles. The molecular weight excluding hydrogens is 314 g/mol. The predicted octanol–water partition coefficient (Wildman–Crippen LogP) is 3.94. The van der Waals surface area contributed by atoms with Crippen molar-refractivity contribution < 1.29 is 9.90 Å². The van der Waals surface area contributed by atoms with Gasteiger partial charge in [-0.1, -0.05) is 36.4 Å². The summed E-state index contributed by atoms with van der Waals surface area (Å²) in [4.78, 5) is 13.7. The van der Waals surface area contributed by atoms with Crippen molar-refractivity contribution in [2.24, 2.45) is 0 Å². The maximum atomic E-state index is 11.8. The second-order valence-corrected chi connectivity index (χ2v) is 6.70. The topological polar surface area (TPSA) is 49.3 Å². The number of carbonyl (C=O) groups excluding carboxylic acids is 1. The molecule has 22 heavy (non-hydrogen) atoms. The number of thiophene rings is 2. The van der Waals surface area contributed by atoms with Crippen molar-refractivity contribution in [2.45, 2.75) is 6.10 Å². The van der Waals surface area contributed by atoms with Crippen LogP contribution in [0.4, 0.5) is 0 Å². The van der Waals surface area contributed by atoms with E-state index in [4.69, 9.17) is 0 Å². The molecule has 0 saturated heterocycles. The second kappa shape index (κ2) is 6.87. The van der Waals surface area contributed by atoms with Crippen LogP contribution in [-0.2, 0) is 0 Å². The highest BCUT2D eigenvalue weighted by molar-refractivity contribution is 7.13. The molecule has 1 atom stereocenters. The van der Waals surface area contributed by atoms with E-state index in [-0.39, 0.29) is 12.5 Å². The van der Waals surface area contributed by atoms with E-state index in [1.54, 1.807) is 17.4 Å². The van der Waals surface area contributed by atoms with Crippen LogP contribution in [0.2, 0.25) is 0 Å². The molecule has 0 saturated carbocycles. The summed E-state index contributed by atoms with van der Waals surface area (Å²) in [7, 11) is 0. The summed E-state index contributed by atoms with van der Waals surface area (Å²) >= 11 is 3.07. The average Bonchev–Trinajstić information content (AvgIpc) is 3.25. The molecule has 0 spiro atoms. The second-order valence-electron chi connectivity index (χ2n) is 4.80. The summed E-state index contributed by atoms with van der Waals surface area (Å²) in [6.07, 6.45) is -0.707. The maximum Gasteiger partial charge on any atom is 0.261 e. The van der Waals surface area contributed by atoms with Crippen LogP contribution in [0.15, 0.2) is 59.3 Å². The fraction of sp³-hybridized carbons (Fsp3) is 0.118. The first kappa shape index (κ1) is 15.0. The smallest absolute Gasteiger partial charge is 0.261 e. The van der Waals surface area contributed by atoms with Crippen LogP contribution < -0.4 is 5.32 Å². The third-order valence-electron chi connectivity index (χ3n) is 3.30. The monoisotopic (exact) mass is 329 g/mol. The number of amides is 1. The molecule has 3 aromatic rings. The summed E-state index contributed by atoms with van der Waals surface area (Å²) in [5.41, 5.74) is 1.93. The van der Waals surface area contributed by atoms with E-state index in [2.05, 4.69) is 11.4 Å². The molecule has 2 aromatic heterocycles. The Morgan fingerprint density at radius 3 is 2.41 bits per heavy atom. The molecule has 0 aliphatic heterocycles. The van der Waals surface area contributed by atoms with E-state index in [9.17, 15) is 9.90 Å². The lowest BCUT2D eigenvalue weighted by molar-refractivity contribution is 0.0920. The van der Waals surface area contributed by atoms with Gasteiger partial charge in [0, 0.05) is 11.4 Å². The number of nitrogens with one attached hydrogen (secondary N) is 1. The highest BCUT2D eigenvalue weighted by Crippen LogP contribution is 2.26. The molecule has 0 aliphatic rings. The van der Waals surface area contributed by atoms with Gasteiger partial charge >= 0.3 is 0 Å². The molecular formula is C17H15NO2S2. The lowest BCUT2D eigenvalue weighted by Crippen LogP contribution is -2.27. The van der Waals surface area contributed by atoms with Gasteiger partial charge in [0.15, 0.2) is 0 Å². The van der Waals surface area contributed by atoms with Gasteiger partial charge in [-0.25, -0.2) is 0 Å². The van der Waals surface area contributed by atoms with Gasteiger partial charge in [0.25, 0.3) is 5.91 Å². The number of aliphatic hydroxyl groups excluding tert-OH is 1. The fourth-order valence-electron chi connectivity index (χ4n) is 2.11. The first-order valence-electron chi connectivity index (χ1n) is 6.87. The number of hydrogen-bond acceptors (Lipinski definition) is 4. The van der Waals surface area contributed by atoms with Gasteiger partial charge in [0.05, 0.1) is 11.0 Å². The first-order valence-corrected chi connectivity index (χ1v) is 8.63. The minimum atomic E-state index is -0.707. The van der Waals surface area contributed by atoms with Crippen molar-refractivity contribution in [1.29, 1.82) is 0 Å². The van der Waals surface area contributed by atoms with Gasteiger partial charge in [0.1, 0.15) is 0 Å². The SMILES string of the molecule is O=C(NCC(O)c1ccc(-c2cccs2)cc1)c1cccs1. The summed E-state index contributed by atoms with van der Waals surface area (Å²) in [5, 5.41) is 16.8. The van der Waals surface area contributed by atoms with Crippen molar-refractivity contribution in [2.75, 3.05) is 6.54 Å². The minimum absolute atomic E-state index is 0.149.